The van der Waals surface area contributed by atoms with Crippen molar-refractivity contribution in [1.82, 2.24) is 0 Å². The van der Waals surface area contributed by atoms with Crippen molar-refractivity contribution in [3.63, 3.8) is 0 Å². The van der Waals surface area contributed by atoms with E-state index in [1.807, 2.05) is 31.2 Å². The molecule has 0 spiro atoms. The molecule has 0 saturated heterocycles. The van der Waals surface area contributed by atoms with Gasteiger partial charge in [0.15, 0.2) is 0 Å². The van der Waals surface area contributed by atoms with Crippen LogP contribution in [0.3, 0.4) is 0 Å². The lowest BCUT2D eigenvalue weighted by molar-refractivity contribution is -0.125. The van der Waals surface area contributed by atoms with E-state index in [2.05, 4.69) is 10.6 Å². The lowest BCUT2D eigenvalue weighted by Crippen LogP contribution is -2.32. The number of ether oxygens (including phenoxy) is 1. The first-order valence-corrected chi connectivity index (χ1v) is 9.66. The van der Waals surface area contributed by atoms with Gasteiger partial charge in [-0.3, -0.25) is 9.59 Å². The van der Waals surface area contributed by atoms with E-state index in [0.717, 1.165) is 11.4 Å². The summed E-state index contributed by atoms with van der Waals surface area (Å²) in [6, 6.07) is 13.4. The molecule has 0 radical (unpaired) electrons. The fourth-order valence-electron chi connectivity index (χ4n) is 3.46. The standard InChI is InChI=1S/C22H25FN2O3/c1-2-28-18-13-11-17(12-14-18)24-21(26)15-7-9-16(10-8-15)22(27)25-20-6-4-3-5-19(20)23/h3-6,11-16H,2,7-10H2,1H3,(H,24,26)(H,25,27). The van der Waals surface area contributed by atoms with Gasteiger partial charge in [0.05, 0.1) is 12.3 Å². The van der Waals surface area contributed by atoms with Crippen LogP contribution in [-0.2, 0) is 9.59 Å². The largest absolute Gasteiger partial charge is 0.494 e. The molecular formula is C22H25FN2O3. The minimum Gasteiger partial charge on any atom is -0.494 e. The highest BCUT2D eigenvalue weighted by molar-refractivity contribution is 5.94. The van der Waals surface area contributed by atoms with Crippen LogP contribution in [-0.4, -0.2) is 18.4 Å². The smallest absolute Gasteiger partial charge is 0.227 e. The number of nitrogens with one attached hydrogen (secondary N) is 2. The first-order chi connectivity index (χ1) is 13.6. The van der Waals surface area contributed by atoms with E-state index < -0.39 is 5.82 Å². The molecule has 6 heteroatoms. The van der Waals surface area contributed by atoms with Crippen LogP contribution in [0.4, 0.5) is 15.8 Å². The number of amides is 2. The van der Waals surface area contributed by atoms with Crippen LogP contribution in [0.1, 0.15) is 32.6 Å². The maximum atomic E-state index is 13.7. The fourth-order valence-corrected chi connectivity index (χ4v) is 3.46. The Morgan fingerprint density at radius 2 is 1.50 bits per heavy atom. The van der Waals surface area contributed by atoms with Gasteiger partial charge in [-0.1, -0.05) is 12.1 Å². The number of anilines is 2. The summed E-state index contributed by atoms with van der Waals surface area (Å²) in [6.07, 6.45) is 2.50. The Balaban J connectivity index is 1.48. The quantitative estimate of drug-likeness (QED) is 0.764. The van der Waals surface area contributed by atoms with Gasteiger partial charge in [0, 0.05) is 17.5 Å². The van der Waals surface area contributed by atoms with E-state index in [4.69, 9.17) is 4.74 Å². The van der Waals surface area contributed by atoms with Crippen molar-refractivity contribution in [3.8, 4) is 5.75 Å². The third-order valence-electron chi connectivity index (χ3n) is 5.03. The molecule has 2 N–H and O–H groups in total. The maximum Gasteiger partial charge on any atom is 0.227 e. The maximum absolute atomic E-state index is 13.7. The SMILES string of the molecule is CCOc1ccc(NC(=O)C2CCC(C(=O)Nc3ccccc3F)CC2)cc1. The monoisotopic (exact) mass is 384 g/mol. The average Bonchev–Trinajstić information content (AvgIpc) is 2.71. The van der Waals surface area contributed by atoms with Gasteiger partial charge in [-0.05, 0) is 69.0 Å². The third-order valence-corrected chi connectivity index (χ3v) is 5.03. The highest BCUT2D eigenvalue weighted by atomic mass is 19.1. The molecule has 0 atom stereocenters. The summed E-state index contributed by atoms with van der Waals surface area (Å²) in [4.78, 5) is 24.9. The van der Waals surface area contributed by atoms with Crippen LogP contribution < -0.4 is 15.4 Å². The topological polar surface area (TPSA) is 67.4 Å². The second kappa shape index (κ2) is 9.35. The van der Waals surface area contributed by atoms with Crippen molar-refractivity contribution in [3.05, 3.63) is 54.3 Å². The summed E-state index contributed by atoms with van der Waals surface area (Å²) < 4.78 is 19.1. The number of hydrogen-bond donors (Lipinski definition) is 2. The van der Waals surface area contributed by atoms with E-state index >= 15 is 0 Å². The number of halogens is 1. The summed E-state index contributed by atoms with van der Waals surface area (Å²) in [7, 11) is 0. The summed E-state index contributed by atoms with van der Waals surface area (Å²) in [5.74, 6) is -0.216. The zero-order valence-corrected chi connectivity index (χ0v) is 15.9. The Hall–Kier alpha value is -2.89. The molecule has 28 heavy (non-hydrogen) atoms. The van der Waals surface area contributed by atoms with Gasteiger partial charge in [-0.15, -0.1) is 0 Å². The molecule has 2 amide bonds. The Morgan fingerprint density at radius 3 is 2.07 bits per heavy atom. The normalized spacial score (nSPS) is 18.9. The summed E-state index contributed by atoms with van der Waals surface area (Å²) in [5.41, 5.74) is 0.927. The van der Waals surface area contributed by atoms with Crippen LogP contribution in [0.25, 0.3) is 0 Å². The highest BCUT2D eigenvalue weighted by Crippen LogP contribution is 2.31. The highest BCUT2D eigenvalue weighted by Gasteiger charge is 2.30. The average molecular weight is 384 g/mol. The summed E-state index contributed by atoms with van der Waals surface area (Å²) >= 11 is 0. The first-order valence-electron chi connectivity index (χ1n) is 9.66. The number of rotatable bonds is 6. The van der Waals surface area contributed by atoms with E-state index in [9.17, 15) is 14.0 Å². The van der Waals surface area contributed by atoms with Gasteiger partial charge < -0.3 is 15.4 Å². The minimum absolute atomic E-state index is 0.0304. The van der Waals surface area contributed by atoms with E-state index in [0.29, 0.717) is 32.3 Å². The van der Waals surface area contributed by atoms with Crippen LogP contribution >= 0.6 is 0 Å². The van der Waals surface area contributed by atoms with Crippen LogP contribution in [0.15, 0.2) is 48.5 Å². The van der Waals surface area contributed by atoms with Crippen molar-refractivity contribution >= 4 is 23.2 Å². The number of carbonyl (C=O) groups is 2. The van der Waals surface area contributed by atoms with Gasteiger partial charge in [-0.25, -0.2) is 4.39 Å². The molecule has 1 aliphatic rings. The van der Waals surface area contributed by atoms with Gasteiger partial charge in [0.2, 0.25) is 11.8 Å². The minimum atomic E-state index is -0.445. The molecule has 1 fully saturated rings. The van der Waals surface area contributed by atoms with Crippen molar-refractivity contribution in [2.75, 3.05) is 17.2 Å². The third kappa shape index (κ3) is 5.09. The Kier molecular flexibility index (Phi) is 6.63. The molecular weight excluding hydrogens is 359 g/mol. The predicted molar refractivity (Wildman–Crippen MR) is 107 cm³/mol. The zero-order valence-electron chi connectivity index (χ0n) is 15.9. The van der Waals surface area contributed by atoms with Crippen molar-refractivity contribution in [1.29, 1.82) is 0 Å². The lowest BCUT2D eigenvalue weighted by Gasteiger charge is -2.27. The number of benzene rings is 2. The van der Waals surface area contributed by atoms with Crippen LogP contribution in [0.5, 0.6) is 5.75 Å². The molecule has 5 nitrogen and oxygen atoms in total. The Bertz CT molecular complexity index is 815. The molecule has 148 valence electrons. The fraction of sp³-hybridized carbons (Fsp3) is 0.364. The van der Waals surface area contributed by atoms with Crippen LogP contribution in [0.2, 0.25) is 0 Å². The molecule has 2 aromatic carbocycles. The molecule has 2 aromatic rings. The molecule has 1 aliphatic carbocycles. The van der Waals surface area contributed by atoms with Gasteiger partial charge in [-0.2, -0.15) is 0 Å². The number of para-hydroxylation sites is 1. The lowest BCUT2D eigenvalue weighted by atomic mass is 9.81. The molecule has 0 heterocycles. The molecule has 3 rings (SSSR count). The molecule has 0 aliphatic heterocycles. The number of carbonyl (C=O) groups excluding carboxylic acids is 2. The van der Waals surface area contributed by atoms with Crippen molar-refractivity contribution in [2.45, 2.75) is 32.6 Å². The molecule has 0 unspecified atom stereocenters. The molecule has 1 saturated carbocycles. The van der Waals surface area contributed by atoms with Crippen molar-refractivity contribution in [2.24, 2.45) is 11.8 Å². The molecule has 0 bridgehead atoms. The number of hydrogen-bond acceptors (Lipinski definition) is 3. The van der Waals surface area contributed by atoms with E-state index in [-0.39, 0.29) is 29.3 Å². The van der Waals surface area contributed by atoms with Gasteiger partial charge >= 0.3 is 0 Å². The second-order valence-electron chi connectivity index (χ2n) is 6.96. The zero-order chi connectivity index (χ0) is 19.9. The summed E-state index contributed by atoms with van der Waals surface area (Å²) in [5, 5.41) is 5.58. The van der Waals surface area contributed by atoms with Gasteiger partial charge in [0.25, 0.3) is 0 Å². The van der Waals surface area contributed by atoms with Crippen LogP contribution in [0, 0.1) is 17.7 Å². The van der Waals surface area contributed by atoms with E-state index in [1.165, 1.54) is 6.07 Å². The predicted octanol–water partition coefficient (Wildman–Crippen LogP) is 4.61. The molecule has 0 aromatic heterocycles. The Morgan fingerprint density at radius 1 is 0.929 bits per heavy atom. The van der Waals surface area contributed by atoms with Crippen molar-refractivity contribution < 1.29 is 18.7 Å². The summed E-state index contributed by atoms with van der Waals surface area (Å²) in [6.45, 7) is 2.52. The van der Waals surface area contributed by atoms with Gasteiger partial charge in [0.1, 0.15) is 11.6 Å². The van der Waals surface area contributed by atoms with E-state index in [1.54, 1.807) is 18.2 Å². The Labute approximate surface area is 164 Å². The first kappa shape index (κ1) is 19.9. The second-order valence-corrected chi connectivity index (χ2v) is 6.96.